The van der Waals surface area contributed by atoms with Crippen molar-refractivity contribution in [1.82, 2.24) is 5.32 Å². The normalized spacial score (nSPS) is 15.5. The molecule has 1 unspecified atom stereocenters. The molecule has 2 nitrogen and oxygen atoms in total. The van der Waals surface area contributed by atoms with E-state index in [0.717, 1.165) is 19.4 Å². The van der Waals surface area contributed by atoms with Gasteiger partial charge in [-0.1, -0.05) is 6.92 Å². The maximum absolute atomic E-state index is 5.59. The maximum atomic E-state index is 5.59. The number of nitrogens with two attached hydrogens (primary N) is 1. The smallest absolute Gasteiger partial charge is 0.0273 e. The van der Waals surface area contributed by atoms with Crippen LogP contribution in [0.3, 0.4) is 0 Å². The van der Waals surface area contributed by atoms with Crippen molar-refractivity contribution in [2.75, 3.05) is 13.1 Å². The lowest BCUT2D eigenvalue weighted by Gasteiger charge is -2.27. The van der Waals surface area contributed by atoms with Gasteiger partial charge in [0.05, 0.1) is 0 Å². The van der Waals surface area contributed by atoms with E-state index in [0.29, 0.717) is 6.54 Å². The highest BCUT2D eigenvalue weighted by atomic mass is 15.0. The average molecular weight is 154 g/mol. The molecule has 0 aromatic carbocycles. The van der Waals surface area contributed by atoms with Crippen LogP contribution in [0.25, 0.3) is 0 Å². The molecule has 0 spiro atoms. The summed E-state index contributed by atoms with van der Waals surface area (Å²) in [5.41, 5.74) is 5.65. The lowest BCUT2D eigenvalue weighted by molar-refractivity contribution is 0.357. The first-order valence-corrected chi connectivity index (χ1v) is 4.07. The molecule has 0 aliphatic heterocycles. The standard InChI is InChI=1S/C9H18N2/c1-4-6-7-11-9(3,5-2)8-10/h1,11H,5-8,10H2,2-3H3. The molecule has 0 saturated heterocycles. The van der Waals surface area contributed by atoms with Gasteiger partial charge in [0.2, 0.25) is 0 Å². The van der Waals surface area contributed by atoms with E-state index in [2.05, 4.69) is 25.1 Å². The summed E-state index contributed by atoms with van der Waals surface area (Å²) in [5.74, 6) is 2.59. The molecule has 0 aromatic heterocycles. The van der Waals surface area contributed by atoms with Crippen molar-refractivity contribution in [2.24, 2.45) is 5.73 Å². The van der Waals surface area contributed by atoms with E-state index in [1.54, 1.807) is 0 Å². The van der Waals surface area contributed by atoms with Gasteiger partial charge >= 0.3 is 0 Å². The van der Waals surface area contributed by atoms with Crippen molar-refractivity contribution in [3.8, 4) is 12.3 Å². The molecule has 11 heavy (non-hydrogen) atoms. The van der Waals surface area contributed by atoms with E-state index in [9.17, 15) is 0 Å². The predicted molar refractivity (Wildman–Crippen MR) is 49.2 cm³/mol. The zero-order chi connectivity index (χ0) is 8.74. The highest BCUT2D eigenvalue weighted by Crippen LogP contribution is 2.05. The minimum absolute atomic E-state index is 0.0663. The quantitative estimate of drug-likeness (QED) is 0.452. The second kappa shape index (κ2) is 5.17. The molecular weight excluding hydrogens is 136 g/mol. The van der Waals surface area contributed by atoms with E-state index in [4.69, 9.17) is 12.2 Å². The summed E-state index contributed by atoms with van der Waals surface area (Å²) in [7, 11) is 0. The molecule has 0 rings (SSSR count). The van der Waals surface area contributed by atoms with Gasteiger partial charge in [-0.2, -0.15) is 0 Å². The fraction of sp³-hybridized carbons (Fsp3) is 0.778. The Morgan fingerprint density at radius 1 is 1.64 bits per heavy atom. The summed E-state index contributed by atoms with van der Waals surface area (Å²) in [6.45, 7) is 5.76. The molecule has 64 valence electrons. The molecule has 1 atom stereocenters. The van der Waals surface area contributed by atoms with Gasteiger partial charge in [-0.3, -0.25) is 0 Å². The number of rotatable bonds is 5. The van der Waals surface area contributed by atoms with Gasteiger partial charge in [-0.05, 0) is 13.3 Å². The zero-order valence-corrected chi connectivity index (χ0v) is 7.48. The second-order valence-electron chi connectivity index (χ2n) is 3.00. The number of nitrogens with one attached hydrogen (secondary N) is 1. The van der Waals surface area contributed by atoms with Gasteiger partial charge in [0.25, 0.3) is 0 Å². The summed E-state index contributed by atoms with van der Waals surface area (Å²) >= 11 is 0. The average Bonchev–Trinajstić information content (AvgIpc) is 2.05. The molecule has 0 aliphatic rings. The molecule has 0 aromatic rings. The van der Waals surface area contributed by atoms with Gasteiger partial charge in [-0.25, -0.2) is 0 Å². The summed E-state index contributed by atoms with van der Waals surface area (Å²) in [6, 6.07) is 0. The van der Waals surface area contributed by atoms with Crippen LogP contribution in [0.1, 0.15) is 26.7 Å². The summed E-state index contributed by atoms with van der Waals surface area (Å²) in [4.78, 5) is 0. The van der Waals surface area contributed by atoms with E-state index in [1.165, 1.54) is 0 Å². The maximum Gasteiger partial charge on any atom is 0.0273 e. The Morgan fingerprint density at radius 2 is 2.27 bits per heavy atom. The first-order valence-electron chi connectivity index (χ1n) is 4.07. The Morgan fingerprint density at radius 3 is 2.64 bits per heavy atom. The third kappa shape index (κ3) is 4.02. The molecule has 0 saturated carbocycles. The van der Waals surface area contributed by atoms with Crippen molar-refractivity contribution < 1.29 is 0 Å². The molecule has 0 radical (unpaired) electrons. The molecular formula is C9H18N2. The largest absolute Gasteiger partial charge is 0.329 e. The second-order valence-corrected chi connectivity index (χ2v) is 3.00. The Labute approximate surface area is 69.5 Å². The van der Waals surface area contributed by atoms with Crippen LogP contribution in [0.2, 0.25) is 0 Å². The van der Waals surface area contributed by atoms with Crippen molar-refractivity contribution in [1.29, 1.82) is 0 Å². The Hall–Kier alpha value is -0.520. The van der Waals surface area contributed by atoms with Gasteiger partial charge < -0.3 is 11.1 Å². The van der Waals surface area contributed by atoms with Crippen LogP contribution < -0.4 is 11.1 Å². The van der Waals surface area contributed by atoms with Gasteiger partial charge in [0, 0.05) is 25.0 Å². The molecule has 0 heterocycles. The van der Waals surface area contributed by atoms with Gasteiger partial charge in [-0.15, -0.1) is 12.3 Å². The number of terminal acetylenes is 1. The van der Waals surface area contributed by atoms with Crippen LogP contribution in [0.15, 0.2) is 0 Å². The van der Waals surface area contributed by atoms with Crippen molar-refractivity contribution in [3.63, 3.8) is 0 Å². The number of hydrogen-bond acceptors (Lipinski definition) is 2. The monoisotopic (exact) mass is 154 g/mol. The number of hydrogen-bond donors (Lipinski definition) is 2. The van der Waals surface area contributed by atoms with Crippen molar-refractivity contribution in [3.05, 3.63) is 0 Å². The zero-order valence-electron chi connectivity index (χ0n) is 7.48. The third-order valence-electron chi connectivity index (χ3n) is 2.05. The van der Waals surface area contributed by atoms with Crippen LogP contribution in [-0.2, 0) is 0 Å². The van der Waals surface area contributed by atoms with Crippen LogP contribution in [0, 0.1) is 12.3 Å². The van der Waals surface area contributed by atoms with Crippen LogP contribution in [-0.4, -0.2) is 18.6 Å². The molecule has 0 fully saturated rings. The lowest BCUT2D eigenvalue weighted by Crippen LogP contribution is -2.48. The fourth-order valence-electron chi connectivity index (χ4n) is 0.778. The van der Waals surface area contributed by atoms with E-state index in [1.807, 2.05) is 0 Å². The van der Waals surface area contributed by atoms with Crippen LogP contribution in [0.5, 0.6) is 0 Å². The van der Waals surface area contributed by atoms with E-state index < -0.39 is 0 Å². The van der Waals surface area contributed by atoms with Gasteiger partial charge in [0.15, 0.2) is 0 Å². The topological polar surface area (TPSA) is 38.0 Å². The Bertz CT molecular complexity index is 131. The van der Waals surface area contributed by atoms with E-state index in [-0.39, 0.29) is 5.54 Å². The third-order valence-corrected chi connectivity index (χ3v) is 2.05. The minimum atomic E-state index is 0.0663. The highest BCUT2D eigenvalue weighted by molar-refractivity contribution is 4.88. The van der Waals surface area contributed by atoms with Crippen molar-refractivity contribution in [2.45, 2.75) is 32.2 Å². The Kier molecular flexibility index (Phi) is 4.93. The summed E-state index contributed by atoms with van der Waals surface area (Å²) in [6.07, 6.45) is 6.93. The SMILES string of the molecule is C#CCCNC(C)(CC)CN. The highest BCUT2D eigenvalue weighted by Gasteiger charge is 2.17. The summed E-state index contributed by atoms with van der Waals surface area (Å²) < 4.78 is 0. The minimum Gasteiger partial charge on any atom is -0.329 e. The first-order chi connectivity index (χ1) is 5.18. The fourth-order valence-corrected chi connectivity index (χ4v) is 0.778. The molecule has 2 heteroatoms. The molecule has 0 bridgehead atoms. The van der Waals surface area contributed by atoms with Crippen molar-refractivity contribution >= 4 is 0 Å². The van der Waals surface area contributed by atoms with Gasteiger partial charge in [0.1, 0.15) is 0 Å². The van der Waals surface area contributed by atoms with Crippen LogP contribution in [0.4, 0.5) is 0 Å². The van der Waals surface area contributed by atoms with Crippen LogP contribution >= 0.6 is 0 Å². The summed E-state index contributed by atoms with van der Waals surface area (Å²) in [5, 5.41) is 3.33. The molecule has 3 N–H and O–H groups in total. The molecule has 0 amide bonds. The van der Waals surface area contributed by atoms with E-state index >= 15 is 0 Å². The molecule has 0 aliphatic carbocycles. The Balaban J connectivity index is 3.62. The predicted octanol–water partition coefficient (Wildman–Crippen LogP) is 0.727. The first kappa shape index (κ1) is 10.5. The lowest BCUT2D eigenvalue weighted by atomic mass is 9.99.